The van der Waals surface area contributed by atoms with Crippen molar-refractivity contribution < 1.29 is 23.9 Å². The fraction of sp³-hybridized carbons (Fsp3) is 0.229. The number of rotatable bonds is 11. The maximum absolute atomic E-state index is 13.6. The van der Waals surface area contributed by atoms with Crippen LogP contribution in [0.25, 0.3) is 11.1 Å². The molecule has 5 rings (SSSR count). The molecule has 0 saturated carbocycles. The average Bonchev–Trinajstić information content (AvgIpc) is 3.34. The van der Waals surface area contributed by atoms with Crippen molar-refractivity contribution in [2.24, 2.45) is 0 Å². The van der Waals surface area contributed by atoms with E-state index in [9.17, 15) is 14.4 Å². The number of amides is 2. The number of hydrogen-bond donors (Lipinski definition) is 2. The van der Waals surface area contributed by atoms with Gasteiger partial charge in [0.1, 0.15) is 18.7 Å². The van der Waals surface area contributed by atoms with Gasteiger partial charge in [0.2, 0.25) is 5.91 Å². The Labute approximate surface area is 245 Å². The largest absolute Gasteiger partial charge is 0.464 e. The molecule has 2 atom stereocenters. The molecule has 0 spiro atoms. The summed E-state index contributed by atoms with van der Waals surface area (Å²) in [6.45, 7) is 2.03. The molecule has 42 heavy (non-hydrogen) atoms. The minimum atomic E-state index is -0.976. The van der Waals surface area contributed by atoms with Gasteiger partial charge in [0.15, 0.2) is 0 Å². The van der Waals surface area contributed by atoms with Crippen molar-refractivity contribution in [3.63, 3.8) is 0 Å². The van der Waals surface area contributed by atoms with Gasteiger partial charge in [0, 0.05) is 18.8 Å². The van der Waals surface area contributed by atoms with Crippen LogP contribution in [0.3, 0.4) is 0 Å². The molecule has 0 saturated heterocycles. The van der Waals surface area contributed by atoms with Crippen molar-refractivity contribution in [3.05, 3.63) is 131 Å². The first kappa shape index (κ1) is 28.6. The van der Waals surface area contributed by atoms with Gasteiger partial charge in [-0.15, -0.1) is 0 Å². The Bertz CT molecular complexity index is 1480. The molecule has 0 unspecified atom stereocenters. The molecule has 2 amide bonds. The summed E-state index contributed by atoms with van der Waals surface area (Å²) in [5, 5.41) is 5.57. The summed E-state index contributed by atoms with van der Waals surface area (Å²) in [5.41, 5.74) is 6.19. The molecule has 0 aliphatic heterocycles. The Morgan fingerprint density at radius 2 is 1.14 bits per heavy atom. The molecule has 0 heterocycles. The van der Waals surface area contributed by atoms with E-state index in [1.165, 1.54) is 0 Å². The fourth-order valence-electron chi connectivity index (χ4n) is 5.40. The summed E-state index contributed by atoms with van der Waals surface area (Å²) in [4.78, 5) is 39.5. The molecule has 4 aromatic rings. The number of carbonyl (C=O) groups excluding carboxylic acids is 3. The lowest BCUT2D eigenvalue weighted by atomic mass is 9.98. The van der Waals surface area contributed by atoms with E-state index in [4.69, 9.17) is 9.47 Å². The minimum absolute atomic E-state index is 0.108. The van der Waals surface area contributed by atoms with Crippen LogP contribution in [-0.4, -0.2) is 43.3 Å². The summed E-state index contributed by atoms with van der Waals surface area (Å²) in [7, 11) is 0. The lowest BCUT2D eigenvalue weighted by Gasteiger charge is -2.23. The second-order valence-corrected chi connectivity index (χ2v) is 10.2. The summed E-state index contributed by atoms with van der Waals surface area (Å²) in [6, 6.07) is 33.1. The van der Waals surface area contributed by atoms with E-state index in [1.807, 2.05) is 84.9 Å². The van der Waals surface area contributed by atoms with E-state index in [0.29, 0.717) is 0 Å². The van der Waals surface area contributed by atoms with Crippen molar-refractivity contribution >= 4 is 18.0 Å². The molecule has 7 heteroatoms. The Morgan fingerprint density at radius 1 is 0.643 bits per heavy atom. The quantitative estimate of drug-likeness (QED) is 0.238. The topological polar surface area (TPSA) is 93.7 Å². The molecule has 0 bridgehead atoms. The number of carbonyl (C=O) groups is 3. The number of ether oxygens (including phenoxy) is 2. The monoisotopic (exact) mass is 562 g/mol. The summed E-state index contributed by atoms with van der Waals surface area (Å²) >= 11 is 0. The zero-order valence-electron chi connectivity index (χ0n) is 23.5. The highest BCUT2D eigenvalue weighted by atomic mass is 16.5. The molecule has 0 fully saturated rings. The third-order valence-corrected chi connectivity index (χ3v) is 7.41. The van der Waals surface area contributed by atoms with Crippen LogP contribution in [0.4, 0.5) is 4.79 Å². The van der Waals surface area contributed by atoms with Crippen LogP contribution in [0.2, 0.25) is 0 Å². The Hall–Kier alpha value is -4.91. The number of nitrogens with one attached hydrogen (secondary N) is 2. The van der Waals surface area contributed by atoms with Gasteiger partial charge in [-0.05, 0) is 40.3 Å². The molecule has 7 nitrogen and oxygen atoms in total. The van der Waals surface area contributed by atoms with Crippen molar-refractivity contribution in [1.29, 1.82) is 0 Å². The predicted molar refractivity (Wildman–Crippen MR) is 161 cm³/mol. The van der Waals surface area contributed by atoms with Gasteiger partial charge < -0.3 is 20.1 Å². The van der Waals surface area contributed by atoms with Crippen LogP contribution in [0.1, 0.15) is 35.1 Å². The lowest BCUT2D eigenvalue weighted by molar-refractivity contribution is -0.147. The third-order valence-electron chi connectivity index (χ3n) is 7.41. The number of benzene rings is 4. The van der Waals surface area contributed by atoms with Crippen molar-refractivity contribution in [3.8, 4) is 11.1 Å². The minimum Gasteiger partial charge on any atom is -0.464 e. The standard InChI is InChI=1S/C35H34N2O5/c1-2-41-34(39)32(22-25-15-7-4-8-16-25)36-33(38)31(21-24-13-5-3-6-14-24)37-35(40)42-23-30-28-19-11-9-17-26(28)27-18-10-12-20-29(27)30/h3-20,30-32H,2,21-23H2,1H3,(H,36,38)(H,37,40)/t31-,32-/m0/s1. The highest BCUT2D eigenvalue weighted by Crippen LogP contribution is 2.44. The van der Waals surface area contributed by atoms with Gasteiger partial charge in [-0.1, -0.05) is 109 Å². The average molecular weight is 563 g/mol. The summed E-state index contributed by atoms with van der Waals surface area (Å²) in [6.07, 6.45) is -0.227. The third kappa shape index (κ3) is 6.86. The van der Waals surface area contributed by atoms with Crippen LogP contribution < -0.4 is 10.6 Å². The van der Waals surface area contributed by atoms with Crippen molar-refractivity contribution in [1.82, 2.24) is 10.6 Å². The highest BCUT2D eigenvalue weighted by Gasteiger charge is 2.31. The van der Waals surface area contributed by atoms with Gasteiger partial charge in [0.05, 0.1) is 6.61 Å². The van der Waals surface area contributed by atoms with Gasteiger partial charge in [-0.3, -0.25) is 4.79 Å². The second kappa shape index (κ2) is 13.6. The van der Waals surface area contributed by atoms with E-state index >= 15 is 0 Å². The maximum Gasteiger partial charge on any atom is 0.407 e. The Morgan fingerprint density at radius 3 is 1.69 bits per heavy atom. The number of hydrogen-bond acceptors (Lipinski definition) is 5. The van der Waals surface area contributed by atoms with Crippen LogP contribution in [-0.2, 0) is 31.9 Å². The molecular weight excluding hydrogens is 528 g/mol. The lowest BCUT2D eigenvalue weighted by Crippen LogP contribution is -2.53. The van der Waals surface area contributed by atoms with Crippen LogP contribution in [0.15, 0.2) is 109 Å². The van der Waals surface area contributed by atoms with Crippen LogP contribution in [0, 0.1) is 0 Å². The molecule has 1 aliphatic rings. The fourth-order valence-corrected chi connectivity index (χ4v) is 5.40. The Balaban J connectivity index is 1.30. The molecule has 2 N–H and O–H groups in total. The zero-order valence-corrected chi connectivity index (χ0v) is 23.5. The zero-order chi connectivity index (χ0) is 29.3. The Kier molecular flexibility index (Phi) is 9.29. The van der Waals surface area contributed by atoms with E-state index in [0.717, 1.165) is 33.4 Å². The second-order valence-electron chi connectivity index (χ2n) is 10.2. The molecule has 0 radical (unpaired) electrons. The molecular formula is C35H34N2O5. The number of fused-ring (bicyclic) bond motifs is 3. The molecule has 1 aliphatic carbocycles. The van der Waals surface area contributed by atoms with Gasteiger partial charge >= 0.3 is 12.1 Å². The number of esters is 1. The van der Waals surface area contributed by atoms with Crippen LogP contribution in [0.5, 0.6) is 0 Å². The van der Waals surface area contributed by atoms with Crippen molar-refractivity contribution in [2.75, 3.05) is 13.2 Å². The van der Waals surface area contributed by atoms with E-state index in [2.05, 4.69) is 34.9 Å². The first-order valence-corrected chi connectivity index (χ1v) is 14.2. The maximum atomic E-state index is 13.6. The molecule has 214 valence electrons. The van der Waals surface area contributed by atoms with Crippen molar-refractivity contribution in [2.45, 2.75) is 37.8 Å². The SMILES string of the molecule is CCOC(=O)[C@H](Cc1ccccc1)NC(=O)[C@H](Cc1ccccc1)NC(=O)OCC1c2ccccc2-c2ccccc21. The van der Waals surface area contributed by atoms with Crippen LogP contribution >= 0.6 is 0 Å². The first-order chi connectivity index (χ1) is 20.5. The summed E-state index contributed by atoms with van der Waals surface area (Å²) in [5.74, 6) is -1.14. The smallest absolute Gasteiger partial charge is 0.407 e. The van der Waals surface area contributed by atoms with E-state index in [-0.39, 0.29) is 32.0 Å². The molecule has 0 aromatic heterocycles. The normalized spacial score (nSPS) is 13.3. The van der Waals surface area contributed by atoms with E-state index in [1.54, 1.807) is 6.92 Å². The van der Waals surface area contributed by atoms with E-state index < -0.39 is 30.1 Å². The van der Waals surface area contributed by atoms with Gasteiger partial charge in [-0.25, -0.2) is 9.59 Å². The molecule has 4 aromatic carbocycles. The first-order valence-electron chi connectivity index (χ1n) is 14.2. The summed E-state index contributed by atoms with van der Waals surface area (Å²) < 4.78 is 11.0. The van der Waals surface area contributed by atoms with Gasteiger partial charge in [0.25, 0.3) is 0 Å². The predicted octanol–water partition coefficient (Wildman–Crippen LogP) is 5.43. The highest BCUT2D eigenvalue weighted by molar-refractivity contribution is 5.90. The number of alkyl carbamates (subject to hydrolysis) is 1. The van der Waals surface area contributed by atoms with Gasteiger partial charge in [-0.2, -0.15) is 0 Å².